The molecule has 184 valence electrons. The summed E-state index contributed by atoms with van der Waals surface area (Å²) in [4.78, 5) is 23.8. The number of anilines is 1. The van der Waals surface area contributed by atoms with E-state index in [0.29, 0.717) is 17.3 Å². The molecule has 0 heterocycles. The Bertz CT molecular complexity index is 1150. The van der Waals surface area contributed by atoms with Crippen LogP contribution in [0.3, 0.4) is 0 Å². The zero-order valence-electron chi connectivity index (χ0n) is 18.5. The van der Waals surface area contributed by atoms with Gasteiger partial charge >= 0.3 is 6.18 Å². The molecule has 2 aromatic carbocycles. The van der Waals surface area contributed by atoms with Crippen LogP contribution in [0.5, 0.6) is 0 Å². The number of rotatable bonds is 8. The lowest BCUT2D eigenvalue weighted by atomic mass is 10.1. The Kier molecular flexibility index (Phi) is 7.98. The summed E-state index contributed by atoms with van der Waals surface area (Å²) in [6.07, 6.45) is -1.07. The third-order valence-electron chi connectivity index (χ3n) is 5.59. The monoisotopic (exact) mass is 497 g/mol. The number of benzene rings is 2. The third kappa shape index (κ3) is 6.57. The molecule has 0 radical (unpaired) electrons. The van der Waals surface area contributed by atoms with Crippen LogP contribution in [0.4, 0.5) is 18.9 Å². The summed E-state index contributed by atoms with van der Waals surface area (Å²) < 4.78 is 66.6. The van der Waals surface area contributed by atoms with E-state index in [2.05, 4.69) is 10.6 Å². The molecular formula is C23H26F3N3O4S. The number of alkyl halides is 3. The second kappa shape index (κ2) is 10.6. The lowest BCUT2D eigenvalue weighted by Gasteiger charge is -2.17. The van der Waals surface area contributed by atoms with Crippen LogP contribution in [0.1, 0.15) is 43.7 Å². The van der Waals surface area contributed by atoms with Crippen LogP contribution in [0.25, 0.3) is 0 Å². The van der Waals surface area contributed by atoms with Gasteiger partial charge in [-0.2, -0.15) is 17.9 Å². The quantitative estimate of drug-likeness (QED) is 0.516. The number of hydrogen-bond acceptors (Lipinski definition) is 4. The minimum atomic E-state index is -4.87. The molecule has 0 aliphatic heterocycles. The molecule has 0 spiro atoms. The van der Waals surface area contributed by atoms with Gasteiger partial charge in [-0.05, 0) is 49.6 Å². The maximum absolute atomic E-state index is 13.2. The van der Waals surface area contributed by atoms with Crippen LogP contribution in [0.2, 0.25) is 0 Å². The van der Waals surface area contributed by atoms with Crippen molar-refractivity contribution in [2.45, 2.75) is 56.3 Å². The number of halogens is 3. The van der Waals surface area contributed by atoms with Gasteiger partial charge in [-0.15, -0.1) is 0 Å². The first-order valence-electron chi connectivity index (χ1n) is 10.8. The second-order valence-electron chi connectivity index (χ2n) is 8.23. The third-order valence-corrected chi connectivity index (χ3v) is 7.19. The lowest BCUT2D eigenvalue weighted by Crippen LogP contribution is -2.44. The van der Waals surface area contributed by atoms with Gasteiger partial charge in [0.2, 0.25) is 21.8 Å². The standard InChI is InChI=1S/C23H26F3N3O4S/c1-15(29-34(32,33)20-12-5-4-11-19(20)23(24,25)26)21(30)27-14-16-7-6-10-18(13-16)28-22(31)17-8-2-3-9-17/h4-7,10-13,15,17,29H,2-3,8-9,14H2,1H3,(H,27,30)(H,28,31)/t15-/m0/s1. The van der Waals surface area contributed by atoms with Crippen molar-refractivity contribution < 1.29 is 31.2 Å². The molecule has 0 aromatic heterocycles. The minimum absolute atomic E-state index is 0.000270. The van der Waals surface area contributed by atoms with E-state index in [1.807, 2.05) is 4.72 Å². The van der Waals surface area contributed by atoms with Gasteiger partial charge in [0, 0.05) is 18.2 Å². The average Bonchev–Trinajstić information content (AvgIpc) is 3.32. The first kappa shape index (κ1) is 25.7. The first-order valence-corrected chi connectivity index (χ1v) is 12.3. The Morgan fingerprint density at radius 1 is 1.06 bits per heavy atom. The number of amides is 2. The summed E-state index contributed by atoms with van der Waals surface area (Å²) >= 11 is 0. The van der Waals surface area contributed by atoms with Crippen molar-refractivity contribution >= 4 is 27.5 Å². The Morgan fingerprint density at radius 2 is 1.74 bits per heavy atom. The van der Waals surface area contributed by atoms with Crippen molar-refractivity contribution in [1.29, 1.82) is 0 Å². The van der Waals surface area contributed by atoms with Crippen LogP contribution >= 0.6 is 0 Å². The zero-order chi connectivity index (χ0) is 24.9. The average molecular weight is 498 g/mol. The van der Waals surface area contributed by atoms with E-state index in [0.717, 1.165) is 37.8 Å². The SMILES string of the molecule is C[C@H](NS(=O)(=O)c1ccccc1C(F)(F)F)C(=O)NCc1cccc(NC(=O)C2CCCC2)c1. The van der Waals surface area contributed by atoms with Crippen molar-refractivity contribution in [3.8, 4) is 0 Å². The fourth-order valence-corrected chi connectivity index (χ4v) is 5.25. The first-order chi connectivity index (χ1) is 16.0. The van der Waals surface area contributed by atoms with Crippen molar-refractivity contribution in [3.63, 3.8) is 0 Å². The molecule has 2 amide bonds. The second-order valence-corrected chi connectivity index (χ2v) is 9.91. The summed E-state index contributed by atoms with van der Waals surface area (Å²) in [5, 5.41) is 5.42. The molecule has 7 nitrogen and oxygen atoms in total. The van der Waals surface area contributed by atoms with Crippen molar-refractivity contribution in [2.24, 2.45) is 5.92 Å². The molecule has 11 heteroatoms. The Labute approximate surface area is 196 Å². The van der Waals surface area contributed by atoms with E-state index in [9.17, 15) is 31.2 Å². The van der Waals surface area contributed by atoms with Gasteiger partial charge in [0.1, 0.15) is 0 Å². The topological polar surface area (TPSA) is 104 Å². The minimum Gasteiger partial charge on any atom is -0.351 e. The molecule has 1 saturated carbocycles. The van der Waals surface area contributed by atoms with Gasteiger partial charge in [-0.1, -0.05) is 37.1 Å². The Balaban J connectivity index is 1.60. The van der Waals surface area contributed by atoms with E-state index in [1.54, 1.807) is 24.3 Å². The maximum atomic E-state index is 13.2. The van der Waals surface area contributed by atoms with Crippen LogP contribution in [-0.4, -0.2) is 26.3 Å². The highest BCUT2D eigenvalue weighted by Crippen LogP contribution is 2.34. The zero-order valence-corrected chi connectivity index (χ0v) is 19.3. The van der Waals surface area contributed by atoms with Gasteiger partial charge < -0.3 is 10.6 Å². The molecule has 1 aliphatic carbocycles. The number of carbonyl (C=O) groups is 2. The summed E-state index contributed by atoms with van der Waals surface area (Å²) in [7, 11) is -4.61. The highest BCUT2D eigenvalue weighted by atomic mass is 32.2. The predicted molar refractivity (Wildman–Crippen MR) is 120 cm³/mol. The summed E-state index contributed by atoms with van der Waals surface area (Å²) in [5.41, 5.74) is -0.0669. The Morgan fingerprint density at radius 3 is 2.41 bits per heavy atom. The van der Waals surface area contributed by atoms with Crippen molar-refractivity contribution in [3.05, 3.63) is 59.7 Å². The van der Waals surface area contributed by atoms with Gasteiger partial charge in [-0.3, -0.25) is 9.59 Å². The molecule has 0 unspecified atom stereocenters. The van der Waals surface area contributed by atoms with Crippen LogP contribution in [-0.2, 0) is 32.3 Å². The van der Waals surface area contributed by atoms with E-state index in [-0.39, 0.29) is 18.4 Å². The molecule has 0 bridgehead atoms. The highest BCUT2D eigenvalue weighted by Gasteiger charge is 2.37. The number of carbonyl (C=O) groups excluding carboxylic acids is 2. The normalized spacial score (nSPS) is 15.6. The van der Waals surface area contributed by atoms with Gasteiger partial charge in [0.05, 0.1) is 16.5 Å². The van der Waals surface area contributed by atoms with E-state index in [4.69, 9.17) is 0 Å². The highest BCUT2D eigenvalue weighted by molar-refractivity contribution is 7.89. The molecule has 1 fully saturated rings. The van der Waals surface area contributed by atoms with E-state index >= 15 is 0 Å². The number of hydrogen-bond donors (Lipinski definition) is 3. The smallest absolute Gasteiger partial charge is 0.351 e. The lowest BCUT2D eigenvalue weighted by molar-refractivity contribution is -0.139. The summed E-state index contributed by atoms with van der Waals surface area (Å²) in [5.74, 6) is -0.756. The fourth-order valence-electron chi connectivity index (χ4n) is 3.82. The van der Waals surface area contributed by atoms with Crippen LogP contribution in [0.15, 0.2) is 53.4 Å². The number of nitrogens with one attached hydrogen (secondary N) is 3. The predicted octanol–water partition coefficient (Wildman–Crippen LogP) is 3.82. The van der Waals surface area contributed by atoms with E-state index in [1.165, 1.54) is 13.0 Å². The summed E-state index contributed by atoms with van der Waals surface area (Å²) in [6.45, 7) is 1.28. The fraction of sp³-hybridized carbons (Fsp3) is 0.391. The molecule has 1 atom stereocenters. The van der Waals surface area contributed by atoms with Gasteiger partial charge in [-0.25, -0.2) is 8.42 Å². The molecule has 3 N–H and O–H groups in total. The van der Waals surface area contributed by atoms with E-state index < -0.39 is 38.6 Å². The van der Waals surface area contributed by atoms with Gasteiger partial charge in [0.25, 0.3) is 0 Å². The van der Waals surface area contributed by atoms with Gasteiger partial charge in [0.15, 0.2) is 0 Å². The van der Waals surface area contributed by atoms with Crippen molar-refractivity contribution in [1.82, 2.24) is 10.0 Å². The molecule has 0 saturated heterocycles. The van der Waals surface area contributed by atoms with Crippen LogP contribution in [0, 0.1) is 5.92 Å². The largest absolute Gasteiger partial charge is 0.417 e. The molecule has 3 rings (SSSR count). The molecule has 34 heavy (non-hydrogen) atoms. The molecule has 1 aliphatic rings. The Hall–Kier alpha value is -2.92. The van der Waals surface area contributed by atoms with Crippen molar-refractivity contribution in [2.75, 3.05) is 5.32 Å². The summed E-state index contributed by atoms with van der Waals surface area (Å²) in [6, 6.07) is 9.30. The molecule has 2 aromatic rings. The maximum Gasteiger partial charge on any atom is 0.417 e. The van der Waals surface area contributed by atoms with Crippen LogP contribution < -0.4 is 15.4 Å². The number of sulfonamides is 1. The molecular weight excluding hydrogens is 471 g/mol.